The number of aliphatic carboxylic acids is 1. The number of nitrogens with zero attached hydrogens (tertiary/aromatic N) is 2. The summed E-state index contributed by atoms with van der Waals surface area (Å²) < 4.78 is 48.1. The monoisotopic (exact) mass is 665 g/mol. The third kappa shape index (κ3) is 16.3. The second-order valence-electron chi connectivity index (χ2n) is 10.00. The molecule has 2 aromatic carbocycles. The number of carboxylic acids is 1. The normalized spacial score (nSPS) is 12.2. The van der Waals surface area contributed by atoms with E-state index in [0.29, 0.717) is 12.8 Å². The Labute approximate surface area is 269 Å². The standard InChI is InChI=1S/C31H44N3O11P/c1-25(28(35)36)34(2)29(32)33-46(39,44-23-11-21-42-30(37)40-19-9-17-26-13-5-3-6-14-26)45-24-12-22-43-31(38)41-20-10-18-27-15-7-4-8-16-27/h3-8,13-16,25H,9-12,17-24H2,1-2H3,(H,35,36)(H2,32,33,39). The Kier molecular flexibility index (Phi) is 17.9. The highest BCUT2D eigenvalue weighted by atomic mass is 31.2. The van der Waals surface area contributed by atoms with Crippen molar-refractivity contribution in [3.05, 3.63) is 71.8 Å². The highest BCUT2D eigenvalue weighted by Gasteiger charge is 2.28. The van der Waals surface area contributed by atoms with Crippen LogP contribution in [0.1, 0.15) is 43.7 Å². The van der Waals surface area contributed by atoms with Crippen LogP contribution >= 0.6 is 7.75 Å². The molecule has 0 saturated heterocycles. The van der Waals surface area contributed by atoms with Crippen LogP contribution in [0.15, 0.2) is 65.4 Å². The first-order chi connectivity index (χ1) is 22.1. The molecule has 0 radical (unpaired) electrons. The molecule has 15 heteroatoms. The first kappa shape index (κ1) is 38.1. The van der Waals surface area contributed by atoms with E-state index in [1.165, 1.54) is 14.0 Å². The van der Waals surface area contributed by atoms with Gasteiger partial charge in [0.05, 0.1) is 39.6 Å². The first-order valence-corrected chi connectivity index (χ1v) is 16.5. The van der Waals surface area contributed by atoms with Crippen molar-refractivity contribution in [3.63, 3.8) is 0 Å². The lowest BCUT2D eigenvalue weighted by Gasteiger charge is -2.23. The number of likely N-dealkylation sites (N-methyl/N-ethyl adjacent to an activating group) is 1. The molecule has 0 aliphatic carbocycles. The summed E-state index contributed by atoms with van der Waals surface area (Å²) in [6.45, 7) is 1.19. The Morgan fingerprint density at radius 3 is 1.52 bits per heavy atom. The Morgan fingerprint density at radius 1 is 0.739 bits per heavy atom. The van der Waals surface area contributed by atoms with E-state index in [9.17, 15) is 24.1 Å². The van der Waals surface area contributed by atoms with Gasteiger partial charge in [0, 0.05) is 19.9 Å². The number of carbonyl (C=O) groups is 3. The average molecular weight is 666 g/mol. The summed E-state index contributed by atoms with van der Waals surface area (Å²) in [5.41, 5.74) is 8.15. The third-order valence-corrected chi connectivity index (χ3v) is 7.86. The van der Waals surface area contributed by atoms with Crippen LogP contribution in [0.4, 0.5) is 9.59 Å². The van der Waals surface area contributed by atoms with E-state index in [-0.39, 0.29) is 58.4 Å². The topological polar surface area (TPSA) is 186 Å². The van der Waals surface area contributed by atoms with E-state index in [1.807, 2.05) is 60.7 Å². The Bertz CT molecular complexity index is 1190. The molecule has 0 aromatic heterocycles. The molecule has 0 amide bonds. The molecule has 1 atom stereocenters. The molecule has 2 rings (SSSR count). The van der Waals surface area contributed by atoms with Crippen molar-refractivity contribution < 1.29 is 52.1 Å². The lowest BCUT2D eigenvalue weighted by Crippen LogP contribution is -2.44. The fraction of sp³-hybridized carbons (Fsp3) is 0.484. The molecule has 0 aliphatic rings. The molecule has 254 valence electrons. The molecule has 0 aliphatic heterocycles. The number of hydrogen-bond donors (Lipinski definition) is 2. The van der Waals surface area contributed by atoms with Gasteiger partial charge in [-0.05, 0) is 43.7 Å². The van der Waals surface area contributed by atoms with Crippen molar-refractivity contribution in [1.29, 1.82) is 0 Å². The largest absolute Gasteiger partial charge is 0.508 e. The summed E-state index contributed by atoms with van der Waals surface area (Å²) in [7, 11) is -2.88. The SMILES string of the molecule is CC(C(=O)O)N(C)C(N)=NP(=O)(OCCCOC(=O)OCCCc1ccccc1)OCCCOC(=O)OCCCc1ccccc1. The van der Waals surface area contributed by atoms with E-state index < -0.39 is 32.1 Å². The smallest absolute Gasteiger partial charge is 0.480 e. The molecule has 0 spiro atoms. The van der Waals surface area contributed by atoms with Gasteiger partial charge in [0.25, 0.3) is 0 Å². The van der Waals surface area contributed by atoms with Gasteiger partial charge in [0.2, 0.25) is 5.96 Å². The van der Waals surface area contributed by atoms with Crippen LogP contribution < -0.4 is 5.73 Å². The van der Waals surface area contributed by atoms with Gasteiger partial charge < -0.3 is 34.7 Å². The predicted molar refractivity (Wildman–Crippen MR) is 169 cm³/mol. The number of hydrogen-bond acceptors (Lipinski definition) is 10. The average Bonchev–Trinajstić information content (AvgIpc) is 3.05. The van der Waals surface area contributed by atoms with Crippen molar-refractivity contribution >= 4 is 32.0 Å². The fourth-order valence-corrected chi connectivity index (χ4v) is 4.98. The van der Waals surface area contributed by atoms with Gasteiger partial charge in [-0.3, -0.25) is 9.05 Å². The minimum Gasteiger partial charge on any atom is -0.480 e. The summed E-state index contributed by atoms with van der Waals surface area (Å²) in [5, 5.41) is 9.24. The van der Waals surface area contributed by atoms with Gasteiger partial charge in [-0.25, -0.2) is 18.9 Å². The Balaban J connectivity index is 1.73. The van der Waals surface area contributed by atoms with Crippen molar-refractivity contribution in [2.75, 3.05) is 46.7 Å². The van der Waals surface area contributed by atoms with Gasteiger partial charge in [0.1, 0.15) is 6.04 Å². The third-order valence-electron chi connectivity index (χ3n) is 6.40. The summed E-state index contributed by atoms with van der Waals surface area (Å²) in [6.07, 6.45) is 1.36. The number of carboxylic acid groups (broad SMARTS) is 1. The van der Waals surface area contributed by atoms with Crippen molar-refractivity contribution in [1.82, 2.24) is 4.90 Å². The van der Waals surface area contributed by atoms with Crippen LogP contribution in [0.2, 0.25) is 0 Å². The maximum atomic E-state index is 13.3. The Hall–Kier alpha value is -4.13. The zero-order chi connectivity index (χ0) is 33.6. The molecule has 0 saturated carbocycles. The van der Waals surface area contributed by atoms with E-state index in [0.717, 1.165) is 28.9 Å². The number of ether oxygens (including phenoxy) is 4. The van der Waals surface area contributed by atoms with E-state index in [4.69, 9.17) is 33.7 Å². The second-order valence-corrected chi connectivity index (χ2v) is 11.7. The van der Waals surface area contributed by atoms with Crippen LogP contribution in [0.25, 0.3) is 0 Å². The van der Waals surface area contributed by atoms with Crippen molar-refractivity contribution in [2.24, 2.45) is 10.5 Å². The summed E-state index contributed by atoms with van der Waals surface area (Å²) in [6, 6.07) is 18.5. The van der Waals surface area contributed by atoms with E-state index >= 15 is 0 Å². The van der Waals surface area contributed by atoms with Gasteiger partial charge in [0.15, 0.2) is 0 Å². The molecular formula is C31H44N3O11P. The molecule has 3 N–H and O–H groups in total. The van der Waals surface area contributed by atoms with Crippen LogP contribution in [-0.2, 0) is 50.2 Å². The molecule has 1 unspecified atom stereocenters. The minimum absolute atomic E-state index is 0.0893. The molecule has 14 nitrogen and oxygen atoms in total. The Morgan fingerprint density at radius 2 is 1.13 bits per heavy atom. The zero-order valence-corrected chi connectivity index (χ0v) is 27.2. The predicted octanol–water partition coefficient (Wildman–Crippen LogP) is 5.20. The van der Waals surface area contributed by atoms with Crippen LogP contribution in [0, 0.1) is 0 Å². The van der Waals surface area contributed by atoms with Gasteiger partial charge in [-0.1, -0.05) is 60.7 Å². The zero-order valence-electron chi connectivity index (χ0n) is 26.3. The van der Waals surface area contributed by atoms with Gasteiger partial charge >= 0.3 is 26.0 Å². The molecule has 46 heavy (non-hydrogen) atoms. The fourth-order valence-electron chi connectivity index (χ4n) is 3.68. The van der Waals surface area contributed by atoms with Crippen LogP contribution in [-0.4, -0.2) is 87.0 Å². The molecule has 0 bridgehead atoms. The number of rotatable bonds is 21. The maximum Gasteiger partial charge on any atom is 0.508 e. The highest BCUT2D eigenvalue weighted by Crippen LogP contribution is 2.50. The number of carbonyl (C=O) groups excluding carboxylic acids is 2. The minimum atomic E-state index is -4.24. The molecule has 0 heterocycles. The lowest BCUT2D eigenvalue weighted by atomic mass is 10.1. The summed E-state index contributed by atoms with van der Waals surface area (Å²) in [5.74, 6) is -1.56. The highest BCUT2D eigenvalue weighted by molar-refractivity contribution is 7.52. The van der Waals surface area contributed by atoms with E-state index in [2.05, 4.69) is 4.76 Å². The second kappa shape index (κ2) is 21.6. The van der Waals surface area contributed by atoms with Gasteiger partial charge in [-0.2, -0.15) is 0 Å². The van der Waals surface area contributed by atoms with E-state index in [1.54, 1.807) is 0 Å². The first-order valence-electron chi connectivity index (χ1n) is 15.0. The molecule has 0 fully saturated rings. The van der Waals surface area contributed by atoms with Crippen LogP contribution in [0.3, 0.4) is 0 Å². The van der Waals surface area contributed by atoms with Crippen LogP contribution in [0.5, 0.6) is 0 Å². The van der Waals surface area contributed by atoms with Gasteiger partial charge in [-0.15, -0.1) is 4.76 Å². The van der Waals surface area contributed by atoms with Crippen molar-refractivity contribution in [3.8, 4) is 0 Å². The molecular weight excluding hydrogens is 621 g/mol. The maximum absolute atomic E-state index is 13.3. The lowest BCUT2D eigenvalue weighted by molar-refractivity contribution is -0.140. The number of nitrogens with two attached hydrogens (primary N) is 1. The molecule has 2 aromatic rings. The summed E-state index contributed by atoms with van der Waals surface area (Å²) in [4.78, 5) is 36.1. The number of guanidine groups is 1. The summed E-state index contributed by atoms with van der Waals surface area (Å²) >= 11 is 0. The number of benzene rings is 2. The number of aryl methyl sites for hydroxylation is 2. The van der Waals surface area contributed by atoms with Crippen molar-refractivity contribution in [2.45, 2.75) is 51.5 Å². The quantitative estimate of drug-likeness (QED) is 0.0583.